The number of carbonyl (C=O) groups is 1. The van der Waals surface area contributed by atoms with Crippen molar-refractivity contribution in [3.63, 3.8) is 0 Å². The van der Waals surface area contributed by atoms with Gasteiger partial charge in [0.25, 0.3) is 5.69 Å². The number of rotatable bonds is 4. The number of nitro benzene ring substituents is 1. The maximum absolute atomic E-state index is 11.2. The first kappa shape index (κ1) is 15.2. The number of fused-ring (bicyclic) bond motifs is 1. The van der Waals surface area contributed by atoms with Crippen molar-refractivity contribution in [2.75, 3.05) is 17.7 Å². The number of H-pyrrole nitrogens is 1. The first-order valence-electron chi connectivity index (χ1n) is 6.77. The van der Waals surface area contributed by atoms with Gasteiger partial charge in [-0.1, -0.05) is 6.07 Å². The molecule has 1 amide bonds. The summed E-state index contributed by atoms with van der Waals surface area (Å²) in [5, 5.41) is 16.2. The van der Waals surface area contributed by atoms with Crippen LogP contribution in [0.1, 0.15) is 0 Å². The molecule has 0 aliphatic rings. The van der Waals surface area contributed by atoms with Crippen LogP contribution in [0.2, 0.25) is 0 Å². The molecule has 0 saturated heterocycles. The van der Waals surface area contributed by atoms with Crippen LogP contribution in [0.5, 0.6) is 0 Å². The molecule has 0 atom stereocenters. The Hall–Kier alpha value is -3.69. The summed E-state index contributed by atoms with van der Waals surface area (Å²) in [5.41, 5.74) is 2.12. The number of nitrogens with zero attached hydrogens (tertiary/aromatic N) is 3. The van der Waals surface area contributed by atoms with Crippen molar-refractivity contribution in [3.05, 3.63) is 46.6 Å². The lowest BCUT2D eigenvalue weighted by molar-refractivity contribution is -0.384. The van der Waals surface area contributed by atoms with E-state index in [1.165, 1.54) is 19.2 Å². The molecule has 0 unspecified atom stereocenters. The number of pyridine rings is 1. The number of hydrogen-bond donors (Lipinski definition) is 3. The van der Waals surface area contributed by atoms with Gasteiger partial charge in [-0.25, -0.2) is 14.8 Å². The zero-order chi connectivity index (χ0) is 17.1. The molecule has 24 heavy (non-hydrogen) atoms. The van der Waals surface area contributed by atoms with Crippen LogP contribution in [0.3, 0.4) is 0 Å². The summed E-state index contributed by atoms with van der Waals surface area (Å²) in [5.74, 6) is 0.205. The number of nitrogens with one attached hydrogen (secondary N) is 3. The van der Waals surface area contributed by atoms with Gasteiger partial charge in [-0.15, -0.1) is 0 Å². The summed E-state index contributed by atoms with van der Waals surface area (Å²) in [7, 11) is 1.25. The third-order valence-electron chi connectivity index (χ3n) is 3.09. The molecule has 122 valence electrons. The van der Waals surface area contributed by atoms with E-state index in [0.29, 0.717) is 22.5 Å². The molecule has 0 aliphatic heterocycles. The van der Waals surface area contributed by atoms with Crippen molar-refractivity contribution in [1.82, 2.24) is 15.0 Å². The normalized spacial score (nSPS) is 10.4. The number of anilines is 3. The van der Waals surface area contributed by atoms with Crippen LogP contribution in [-0.2, 0) is 4.74 Å². The minimum Gasteiger partial charge on any atom is -0.453 e. The quantitative estimate of drug-likeness (QED) is 0.495. The Morgan fingerprint density at radius 3 is 2.92 bits per heavy atom. The minimum absolute atomic E-state index is 0.0154. The van der Waals surface area contributed by atoms with Gasteiger partial charge in [-0.3, -0.25) is 15.4 Å². The summed E-state index contributed by atoms with van der Waals surface area (Å²) >= 11 is 0. The summed E-state index contributed by atoms with van der Waals surface area (Å²) in [6.45, 7) is 0. The number of ether oxygens (including phenoxy) is 1. The first-order chi connectivity index (χ1) is 11.5. The Labute approximate surface area is 135 Å². The number of aromatic nitrogens is 3. The predicted octanol–water partition coefficient (Wildman–Crippen LogP) is 2.79. The Kier molecular flexibility index (Phi) is 3.93. The minimum atomic E-state index is -0.649. The molecule has 3 N–H and O–H groups in total. The van der Waals surface area contributed by atoms with Gasteiger partial charge in [-0.2, -0.15) is 0 Å². The molecule has 0 radical (unpaired) electrons. The van der Waals surface area contributed by atoms with Crippen molar-refractivity contribution in [1.29, 1.82) is 0 Å². The van der Waals surface area contributed by atoms with Gasteiger partial charge in [0.2, 0.25) is 5.95 Å². The number of benzene rings is 1. The molecule has 2 aromatic heterocycles. The fraction of sp³-hybridized carbons (Fsp3) is 0.0714. The number of hydrogen-bond acceptors (Lipinski definition) is 7. The zero-order valence-electron chi connectivity index (χ0n) is 12.4. The zero-order valence-corrected chi connectivity index (χ0v) is 12.4. The van der Waals surface area contributed by atoms with Crippen LogP contribution in [0.15, 0.2) is 36.5 Å². The fourth-order valence-electron chi connectivity index (χ4n) is 2.03. The maximum atomic E-state index is 11.2. The average Bonchev–Trinajstić information content (AvgIpc) is 2.96. The van der Waals surface area contributed by atoms with Gasteiger partial charge in [-0.05, 0) is 12.1 Å². The van der Waals surface area contributed by atoms with Gasteiger partial charge in [0.15, 0.2) is 5.65 Å². The molecule has 1 aromatic carbocycles. The van der Waals surface area contributed by atoms with E-state index in [9.17, 15) is 14.9 Å². The highest BCUT2D eigenvalue weighted by atomic mass is 16.6. The second-order valence-electron chi connectivity index (χ2n) is 4.73. The van der Waals surface area contributed by atoms with Crippen LogP contribution in [0, 0.1) is 10.1 Å². The van der Waals surface area contributed by atoms with E-state index in [-0.39, 0.29) is 11.6 Å². The predicted molar refractivity (Wildman–Crippen MR) is 86.3 cm³/mol. The van der Waals surface area contributed by atoms with Crippen LogP contribution in [0.25, 0.3) is 11.2 Å². The molecule has 0 saturated carbocycles. The van der Waals surface area contributed by atoms with E-state index in [4.69, 9.17) is 0 Å². The topological polar surface area (TPSA) is 135 Å². The summed E-state index contributed by atoms with van der Waals surface area (Å²) < 4.78 is 4.49. The number of carbonyl (C=O) groups excluding carboxylic acids is 1. The van der Waals surface area contributed by atoms with Crippen LogP contribution >= 0.6 is 0 Å². The smallest absolute Gasteiger partial charge is 0.413 e. The second kappa shape index (κ2) is 6.20. The molecule has 0 fully saturated rings. The average molecular weight is 328 g/mol. The molecular weight excluding hydrogens is 316 g/mol. The monoisotopic (exact) mass is 328 g/mol. The van der Waals surface area contributed by atoms with E-state index in [1.807, 2.05) is 0 Å². The molecule has 10 nitrogen and oxygen atoms in total. The first-order valence-corrected chi connectivity index (χ1v) is 6.77. The number of aromatic amines is 1. The third-order valence-corrected chi connectivity index (χ3v) is 3.09. The highest BCUT2D eigenvalue weighted by Gasteiger charge is 2.09. The van der Waals surface area contributed by atoms with Crippen molar-refractivity contribution < 1.29 is 14.5 Å². The molecule has 10 heteroatoms. The SMILES string of the molecule is COC(=O)Nc1nc2cc(Nc3cccc([N+](=O)[O-])c3)cnc2[nH]1. The van der Waals surface area contributed by atoms with Crippen molar-refractivity contribution in [2.24, 2.45) is 0 Å². The lowest BCUT2D eigenvalue weighted by atomic mass is 10.2. The van der Waals surface area contributed by atoms with E-state index >= 15 is 0 Å². The van der Waals surface area contributed by atoms with Crippen LogP contribution in [-0.4, -0.2) is 33.1 Å². The fourth-order valence-corrected chi connectivity index (χ4v) is 2.03. The van der Waals surface area contributed by atoms with Gasteiger partial charge in [0, 0.05) is 17.8 Å². The highest BCUT2D eigenvalue weighted by Crippen LogP contribution is 2.23. The number of non-ortho nitro benzene ring substituents is 1. The Balaban J connectivity index is 1.84. The molecular formula is C14H12N6O4. The molecule has 3 rings (SSSR count). The van der Waals surface area contributed by atoms with Crippen molar-refractivity contribution in [3.8, 4) is 0 Å². The van der Waals surface area contributed by atoms with Crippen LogP contribution in [0.4, 0.5) is 27.8 Å². The van der Waals surface area contributed by atoms with Crippen LogP contribution < -0.4 is 10.6 Å². The second-order valence-corrected chi connectivity index (χ2v) is 4.73. The Morgan fingerprint density at radius 1 is 1.33 bits per heavy atom. The van der Waals surface area contributed by atoms with Gasteiger partial charge < -0.3 is 15.0 Å². The maximum Gasteiger partial charge on any atom is 0.413 e. The number of amides is 1. The number of imidazole rings is 1. The van der Waals surface area contributed by atoms with Crippen molar-refractivity contribution in [2.45, 2.75) is 0 Å². The number of nitro groups is 1. The van der Waals surface area contributed by atoms with E-state index in [2.05, 4.69) is 30.3 Å². The van der Waals surface area contributed by atoms with E-state index in [0.717, 1.165) is 0 Å². The van der Waals surface area contributed by atoms with Gasteiger partial charge >= 0.3 is 6.09 Å². The summed E-state index contributed by atoms with van der Waals surface area (Å²) in [6, 6.07) is 7.80. The Bertz CT molecular complexity index is 923. The molecule has 3 aromatic rings. The largest absolute Gasteiger partial charge is 0.453 e. The molecule has 0 aliphatic carbocycles. The Morgan fingerprint density at radius 2 is 2.17 bits per heavy atom. The summed E-state index contributed by atoms with van der Waals surface area (Å²) in [4.78, 5) is 32.7. The lowest BCUT2D eigenvalue weighted by Crippen LogP contribution is -2.11. The van der Waals surface area contributed by atoms with E-state index in [1.54, 1.807) is 24.4 Å². The lowest BCUT2D eigenvalue weighted by Gasteiger charge is -2.05. The number of methoxy groups -OCH3 is 1. The van der Waals surface area contributed by atoms with E-state index < -0.39 is 11.0 Å². The van der Waals surface area contributed by atoms with Gasteiger partial charge in [0.1, 0.15) is 5.52 Å². The van der Waals surface area contributed by atoms with Crippen molar-refractivity contribution >= 4 is 40.3 Å². The van der Waals surface area contributed by atoms with Gasteiger partial charge in [0.05, 0.1) is 23.9 Å². The molecule has 0 bridgehead atoms. The standard InChI is InChI=1S/C14H12N6O4/c1-24-14(21)19-13-17-11-6-9(7-15-12(11)18-13)16-8-3-2-4-10(5-8)20(22)23/h2-7,16H,1H3,(H2,15,17,18,19,21). The molecule has 0 spiro atoms. The molecule has 2 heterocycles. The summed E-state index contributed by atoms with van der Waals surface area (Å²) in [6.07, 6.45) is 0.894. The third kappa shape index (κ3) is 3.21. The highest BCUT2D eigenvalue weighted by molar-refractivity contribution is 5.86.